The summed E-state index contributed by atoms with van der Waals surface area (Å²) in [5.41, 5.74) is 1.24. The van der Waals surface area contributed by atoms with Gasteiger partial charge in [0.15, 0.2) is 0 Å². The number of likely N-dealkylation sites (N-methyl/N-ethyl adjacent to an activating group) is 1. The van der Waals surface area contributed by atoms with Crippen LogP contribution < -0.4 is 5.32 Å². The fourth-order valence-electron chi connectivity index (χ4n) is 2.32. The molecule has 1 aliphatic heterocycles. The van der Waals surface area contributed by atoms with E-state index in [1.165, 1.54) is 18.4 Å². The van der Waals surface area contributed by atoms with E-state index in [1.54, 1.807) is 6.08 Å². The number of nitrogens with one attached hydrogen (secondary N) is 1. The lowest BCUT2D eigenvalue weighted by Crippen LogP contribution is -2.46. The second kappa shape index (κ2) is 6.34. The molecule has 0 aromatic carbocycles. The highest BCUT2D eigenvalue weighted by Crippen LogP contribution is 2.35. The number of carbonyl (C=O) groups excluding carboxylic acids is 1. The minimum absolute atomic E-state index is 0.0773. The summed E-state index contributed by atoms with van der Waals surface area (Å²) >= 11 is 0. The van der Waals surface area contributed by atoms with Crippen LogP contribution in [0.25, 0.3) is 0 Å². The molecule has 2 fully saturated rings. The van der Waals surface area contributed by atoms with Gasteiger partial charge in [-0.1, -0.05) is 5.57 Å². The molecule has 0 radical (unpaired) electrons. The van der Waals surface area contributed by atoms with Crippen molar-refractivity contribution in [2.24, 2.45) is 5.92 Å². The molecule has 4 nitrogen and oxygen atoms in total. The fourth-order valence-corrected chi connectivity index (χ4v) is 2.32. The molecule has 0 spiro atoms. The van der Waals surface area contributed by atoms with Gasteiger partial charge in [-0.25, -0.2) is 0 Å². The Morgan fingerprint density at radius 3 is 2.56 bits per heavy atom. The number of carbonyl (C=O) groups is 1. The molecule has 1 aliphatic carbocycles. The second-order valence-corrected chi connectivity index (χ2v) is 5.60. The predicted octanol–water partition coefficient (Wildman–Crippen LogP) is 0.706. The van der Waals surface area contributed by atoms with Gasteiger partial charge in [0.1, 0.15) is 0 Å². The van der Waals surface area contributed by atoms with Crippen molar-refractivity contribution in [3.8, 4) is 0 Å². The Morgan fingerprint density at radius 1 is 1.28 bits per heavy atom. The van der Waals surface area contributed by atoms with Crippen LogP contribution in [0.4, 0.5) is 0 Å². The Labute approximate surface area is 110 Å². The molecular weight excluding hydrogens is 226 g/mol. The number of rotatable bonds is 5. The Morgan fingerprint density at radius 2 is 1.94 bits per heavy atom. The van der Waals surface area contributed by atoms with Crippen LogP contribution in [0.3, 0.4) is 0 Å². The van der Waals surface area contributed by atoms with Gasteiger partial charge in [-0.15, -0.1) is 0 Å². The highest BCUT2D eigenvalue weighted by Gasteiger charge is 2.23. The Balaban J connectivity index is 1.60. The molecule has 2 aliphatic rings. The molecule has 102 valence electrons. The first-order chi connectivity index (χ1) is 8.65. The molecular formula is C14H25N3O. The third-order valence-electron chi connectivity index (χ3n) is 3.90. The van der Waals surface area contributed by atoms with Crippen molar-refractivity contribution in [2.75, 3.05) is 46.3 Å². The largest absolute Gasteiger partial charge is 0.351 e. The van der Waals surface area contributed by atoms with Crippen molar-refractivity contribution in [1.29, 1.82) is 0 Å². The van der Waals surface area contributed by atoms with Crippen molar-refractivity contribution in [1.82, 2.24) is 15.1 Å². The van der Waals surface area contributed by atoms with Gasteiger partial charge in [-0.05, 0) is 32.7 Å². The SMILES string of the molecule is C/C(=C\C(=O)NCCN1CCN(C)CC1)C1CC1. The first-order valence-electron chi connectivity index (χ1n) is 7.02. The molecule has 2 rings (SSSR count). The van der Waals surface area contributed by atoms with Gasteiger partial charge in [0.2, 0.25) is 5.91 Å². The minimum Gasteiger partial charge on any atom is -0.351 e. The Hall–Kier alpha value is -0.870. The molecule has 1 saturated heterocycles. The first kappa shape index (κ1) is 13.6. The summed E-state index contributed by atoms with van der Waals surface area (Å²) < 4.78 is 0. The molecule has 1 N–H and O–H groups in total. The van der Waals surface area contributed by atoms with Crippen LogP contribution in [0.1, 0.15) is 19.8 Å². The van der Waals surface area contributed by atoms with E-state index >= 15 is 0 Å². The van der Waals surface area contributed by atoms with E-state index in [1.807, 2.05) is 0 Å². The topological polar surface area (TPSA) is 35.6 Å². The van der Waals surface area contributed by atoms with E-state index < -0.39 is 0 Å². The molecule has 18 heavy (non-hydrogen) atoms. The van der Waals surface area contributed by atoms with Gasteiger partial charge in [0.25, 0.3) is 0 Å². The van der Waals surface area contributed by atoms with Gasteiger partial charge in [0, 0.05) is 45.3 Å². The van der Waals surface area contributed by atoms with Crippen molar-refractivity contribution in [3.63, 3.8) is 0 Å². The van der Waals surface area contributed by atoms with E-state index in [9.17, 15) is 4.79 Å². The smallest absolute Gasteiger partial charge is 0.243 e. The van der Waals surface area contributed by atoms with Crippen LogP contribution in [0, 0.1) is 5.92 Å². The highest BCUT2D eigenvalue weighted by molar-refractivity contribution is 5.88. The average molecular weight is 251 g/mol. The van der Waals surface area contributed by atoms with Gasteiger partial charge < -0.3 is 10.2 Å². The maximum atomic E-state index is 11.7. The van der Waals surface area contributed by atoms with Gasteiger partial charge in [-0.2, -0.15) is 0 Å². The zero-order valence-electron chi connectivity index (χ0n) is 11.6. The van der Waals surface area contributed by atoms with E-state index in [0.717, 1.165) is 39.3 Å². The number of hydrogen-bond donors (Lipinski definition) is 1. The van der Waals surface area contributed by atoms with E-state index in [0.29, 0.717) is 5.92 Å². The highest BCUT2D eigenvalue weighted by atomic mass is 16.1. The van der Waals surface area contributed by atoms with Crippen LogP contribution in [0.2, 0.25) is 0 Å². The monoisotopic (exact) mass is 251 g/mol. The average Bonchev–Trinajstić information content (AvgIpc) is 3.15. The summed E-state index contributed by atoms with van der Waals surface area (Å²) in [4.78, 5) is 16.4. The second-order valence-electron chi connectivity index (χ2n) is 5.60. The van der Waals surface area contributed by atoms with Crippen molar-refractivity contribution < 1.29 is 4.79 Å². The zero-order chi connectivity index (χ0) is 13.0. The summed E-state index contributed by atoms with van der Waals surface area (Å²) in [5, 5.41) is 2.98. The van der Waals surface area contributed by atoms with Crippen LogP contribution in [-0.2, 0) is 4.79 Å². The van der Waals surface area contributed by atoms with Gasteiger partial charge in [0.05, 0.1) is 0 Å². The number of hydrogen-bond acceptors (Lipinski definition) is 3. The summed E-state index contributed by atoms with van der Waals surface area (Å²) in [5.74, 6) is 0.766. The zero-order valence-corrected chi connectivity index (χ0v) is 11.6. The summed E-state index contributed by atoms with van der Waals surface area (Å²) in [6.07, 6.45) is 4.30. The van der Waals surface area contributed by atoms with Crippen molar-refractivity contribution in [2.45, 2.75) is 19.8 Å². The van der Waals surface area contributed by atoms with Crippen molar-refractivity contribution >= 4 is 5.91 Å². The van der Waals surface area contributed by atoms with Crippen LogP contribution in [-0.4, -0.2) is 62.0 Å². The maximum Gasteiger partial charge on any atom is 0.243 e. The molecule has 1 heterocycles. The van der Waals surface area contributed by atoms with Gasteiger partial charge in [-0.3, -0.25) is 9.69 Å². The van der Waals surface area contributed by atoms with E-state index in [2.05, 4.69) is 29.1 Å². The Kier molecular flexibility index (Phi) is 4.78. The molecule has 0 aromatic heterocycles. The summed E-state index contributed by atoms with van der Waals surface area (Å²) in [6, 6.07) is 0. The minimum atomic E-state index is 0.0773. The number of piperazine rings is 1. The van der Waals surface area contributed by atoms with Crippen LogP contribution in [0.15, 0.2) is 11.6 Å². The molecule has 0 aromatic rings. The summed E-state index contributed by atoms with van der Waals surface area (Å²) in [7, 11) is 2.16. The standard InChI is InChI=1S/C14H25N3O/c1-12(13-3-4-13)11-14(18)15-5-6-17-9-7-16(2)8-10-17/h11,13H,3-10H2,1-2H3,(H,15,18)/b12-11+. The molecule has 0 atom stereocenters. The Bertz CT molecular complexity index is 315. The van der Waals surface area contributed by atoms with Crippen molar-refractivity contribution in [3.05, 3.63) is 11.6 Å². The number of allylic oxidation sites excluding steroid dienone is 1. The van der Waals surface area contributed by atoms with Crippen LogP contribution >= 0.6 is 0 Å². The fraction of sp³-hybridized carbons (Fsp3) is 0.786. The molecule has 0 unspecified atom stereocenters. The van der Waals surface area contributed by atoms with E-state index in [-0.39, 0.29) is 5.91 Å². The molecule has 0 bridgehead atoms. The lowest BCUT2D eigenvalue weighted by molar-refractivity contribution is -0.116. The maximum absolute atomic E-state index is 11.7. The normalized spacial score (nSPS) is 23.1. The lowest BCUT2D eigenvalue weighted by Gasteiger charge is -2.32. The lowest BCUT2D eigenvalue weighted by atomic mass is 10.2. The summed E-state index contributed by atoms with van der Waals surface area (Å²) in [6.45, 7) is 8.29. The molecule has 1 amide bonds. The molecule has 1 saturated carbocycles. The number of nitrogens with zero attached hydrogens (tertiary/aromatic N) is 2. The van der Waals surface area contributed by atoms with Crippen LogP contribution in [0.5, 0.6) is 0 Å². The number of amides is 1. The predicted molar refractivity (Wildman–Crippen MR) is 73.4 cm³/mol. The third-order valence-corrected chi connectivity index (χ3v) is 3.90. The third kappa shape index (κ3) is 4.42. The van der Waals surface area contributed by atoms with E-state index in [4.69, 9.17) is 0 Å². The van der Waals surface area contributed by atoms with Gasteiger partial charge >= 0.3 is 0 Å². The first-order valence-corrected chi connectivity index (χ1v) is 7.02. The quantitative estimate of drug-likeness (QED) is 0.731. The molecule has 4 heteroatoms.